The summed E-state index contributed by atoms with van der Waals surface area (Å²) in [4.78, 5) is 20.1. The molecule has 4 heteroatoms. The smallest absolute Gasteiger partial charge is 0.169 e. The van der Waals surface area contributed by atoms with E-state index < -0.39 is 0 Å². The van der Waals surface area contributed by atoms with Gasteiger partial charge in [-0.3, -0.25) is 14.8 Å². The molecule has 3 nitrogen and oxygen atoms in total. The van der Waals surface area contributed by atoms with E-state index in [0.29, 0.717) is 12.0 Å². The summed E-state index contributed by atoms with van der Waals surface area (Å²) < 4.78 is 0.880. The quantitative estimate of drug-likeness (QED) is 0.816. The minimum absolute atomic E-state index is 0.0653. The molecule has 0 radical (unpaired) electrons. The molecule has 0 aliphatic heterocycles. The maximum absolute atomic E-state index is 12.1. The Labute approximate surface area is 108 Å². The van der Waals surface area contributed by atoms with E-state index in [1.165, 1.54) is 0 Å². The lowest BCUT2D eigenvalue weighted by atomic mass is 10.0. The van der Waals surface area contributed by atoms with Crippen LogP contribution in [-0.4, -0.2) is 15.8 Å². The predicted molar refractivity (Wildman–Crippen MR) is 68.9 cm³/mol. The number of aryl methyl sites for hydroxylation is 1. The number of hydrogen-bond acceptors (Lipinski definition) is 3. The van der Waals surface area contributed by atoms with Crippen molar-refractivity contribution in [2.45, 2.75) is 13.3 Å². The molecule has 86 valence electrons. The summed E-state index contributed by atoms with van der Waals surface area (Å²) in [6.07, 6.45) is 7.05. The minimum Gasteiger partial charge on any atom is -0.294 e. The second-order valence-corrected chi connectivity index (χ2v) is 4.72. The van der Waals surface area contributed by atoms with Crippen molar-refractivity contribution < 1.29 is 4.79 Å². The standard InChI is InChI=1S/C13H11BrN2O/c1-9-2-3-15-8-12(9)13(17)5-10-4-11(14)7-16-6-10/h2-4,6-8H,5H2,1H3. The van der Waals surface area contributed by atoms with Crippen molar-refractivity contribution in [3.05, 3.63) is 58.1 Å². The molecule has 0 fully saturated rings. The molecule has 0 saturated heterocycles. The Kier molecular flexibility index (Phi) is 3.64. The minimum atomic E-state index is 0.0653. The fraction of sp³-hybridized carbons (Fsp3) is 0.154. The van der Waals surface area contributed by atoms with Gasteiger partial charge in [-0.15, -0.1) is 0 Å². The highest BCUT2D eigenvalue weighted by molar-refractivity contribution is 9.10. The van der Waals surface area contributed by atoms with Crippen LogP contribution in [0.3, 0.4) is 0 Å². The molecule has 0 spiro atoms. The number of rotatable bonds is 3. The number of aromatic nitrogens is 2. The highest BCUT2D eigenvalue weighted by Crippen LogP contribution is 2.13. The largest absolute Gasteiger partial charge is 0.294 e. The second-order valence-electron chi connectivity index (χ2n) is 3.80. The summed E-state index contributed by atoms with van der Waals surface area (Å²) in [5, 5.41) is 0. The first-order valence-corrected chi connectivity index (χ1v) is 5.99. The van der Waals surface area contributed by atoms with E-state index in [0.717, 1.165) is 15.6 Å². The molecule has 0 amide bonds. The van der Waals surface area contributed by atoms with Gasteiger partial charge in [0.05, 0.1) is 0 Å². The van der Waals surface area contributed by atoms with Crippen molar-refractivity contribution >= 4 is 21.7 Å². The number of ketones is 1. The maximum atomic E-state index is 12.1. The first-order valence-electron chi connectivity index (χ1n) is 5.20. The molecule has 0 N–H and O–H groups in total. The van der Waals surface area contributed by atoms with Gasteiger partial charge in [-0.05, 0) is 46.1 Å². The van der Waals surface area contributed by atoms with Crippen molar-refractivity contribution in [2.24, 2.45) is 0 Å². The van der Waals surface area contributed by atoms with Crippen molar-refractivity contribution in [3.8, 4) is 0 Å². The Balaban J connectivity index is 2.20. The third kappa shape index (κ3) is 2.97. The molecular weight excluding hydrogens is 280 g/mol. The average Bonchev–Trinajstić information content (AvgIpc) is 2.29. The Hall–Kier alpha value is -1.55. The number of nitrogens with zero attached hydrogens (tertiary/aromatic N) is 2. The number of carbonyl (C=O) groups is 1. The van der Waals surface area contributed by atoms with Gasteiger partial charge in [0.15, 0.2) is 5.78 Å². The highest BCUT2D eigenvalue weighted by Gasteiger charge is 2.10. The lowest BCUT2D eigenvalue weighted by molar-refractivity contribution is 0.0992. The van der Waals surface area contributed by atoms with Gasteiger partial charge >= 0.3 is 0 Å². The molecule has 0 aromatic carbocycles. The van der Waals surface area contributed by atoms with Gasteiger partial charge in [0.25, 0.3) is 0 Å². The third-order valence-corrected chi connectivity index (χ3v) is 2.90. The zero-order valence-electron chi connectivity index (χ0n) is 9.35. The van der Waals surface area contributed by atoms with Gasteiger partial charge in [-0.2, -0.15) is 0 Å². The van der Waals surface area contributed by atoms with Crippen LogP contribution < -0.4 is 0 Å². The van der Waals surface area contributed by atoms with Crippen LogP contribution in [0.25, 0.3) is 0 Å². The number of pyridine rings is 2. The monoisotopic (exact) mass is 290 g/mol. The zero-order valence-corrected chi connectivity index (χ0v) is 10.9. The third-order valence-electron chi connectivity index (χ3n) is 2.47. The average molecular weight is 291 g/mol. The molecule has 0 bridgehead atoms. The van der Waals surface area contributed by atoms with Crippen LogP contribution in [0.1, 0.15) is 21.5 Å². The van der Waals surface area contributed by atoms with Gasteiger partial charge in [-0.25, -0.2) is 0 Å². The second kappa shape index (κ2) is 5.19. The summed E-state index contributed by atoms with van der Waals surface area (Å²) in [5.41, 5.74) is 2.52. The summed E-state index contributed by atoms with van der Waals surface area (Å²) >= 11 is 3.34. The van der Waals surface area contributed by atoms with Crippen molar-refractivity contribution in [3.63, 3.8) is 0 Å². The van der Waals surface area contributed by atoms with E-state index in [9.17, 15) is 4.79 Å². The van der Waals surface area contributed by atoms with Gasteiger partial charge in [0.1, 0.15) is 0 Å². The number of hydrogen-bond donors (Lipinski definition) is 0. The van der Waals surface area contributed by atoms with E-state index in [4.69, 9.17) is 0 Å². The number of halogens is 1. The zero-order chi connectivity index (χ0) is 12.3. The highest BCUT2D eigenvalue weighted by atomic mass is 79.9. The maximum Gasteiger partial charge on any atom is 0.169 e. The lowest BCUT2D eigenvalue weighted by Gasteiger charge is -2.04. The van der Waals surface area contributed by atoms with Crippen molar-refractivity contribution in [2.75, 3.05) is 0 Å². The molecule has 0 aliphatic rings. The topological polar surface area (TPSA) is 42.9 Å². The van der Waals surface area contributed by atoms with Crippen molar-refractivity contribution in [1.29, 1.82) is 0 Å². The predicted octanol–water partition coefficient (Wildman–Crippen LogP) is 2.97. The van der Waals surface area contributed by atoms with E-state index in [1.807, 2.05) is 19.1 Å². The van der Waals surface area contributed by atoms with Crippen LogP contribution in [0.15, 0.2) is 41.4 Å². The van der Waals surface area contributed by atoms with Gasteiger partial charge < -0.3 is 0 Å². The summed E-state index contributed by atoms with van der Waals surface area (Å²) in [5.74, 6) is 0.0653. The van der Waals surface area contributed by atoms with Crippen LogP contribution in [0, 0.1) is 6.92 Å². The number of Topliss-reactive ketones (excluding diaryl/α,β-unsaturated/α-hetero) is 1. The molecule has 17 heavy (non-hydrogen) atoms. The summed E-state index contributed by atoms with van der Waals surface area (Å²) in [6.45, 7) is 1.91. The molecule has 0 atom stereocenters. The molecule has 0 aliphatic carbocycles. The van der Waals surface area contributed by atoms with Crippen LogP contribution in [0.5, 0.6) is 0 Å². The molecule has 2 aromatic heterocycles. The first kappa shape index (κ1) is 11.9. The molecule has 0 saturated carbocycles. The van der Waals surface area contributed by atoms with E-state index >= 15 is 0 Å². The van der Waals surface area contributed by atoms with Crippen molar-refractivity contribution in [1.82, 2.24) is 9.97 Å². The summed E-state index contributed by atoms with van der Waals surface area (Å²) in [7, 11) is 0. The fourth-order valence-corrected chi connectivity index (χ4v) is 2.00. The van der Waals surface area contributed by atoms with Crippen LogP contribution in [-0.2, 0) is 6.42 Å². The molecular formula is C13H11BrN2O. The van der Waals surface area contributed by atoms with E-state index in [2.05, 4.69) is 25.9 Å². The van der Waals surface area contributed by atoms with Crippen LogP contribution in [0.4, 0.5) is 0 Å². The van der Waals surface area contributed by atoms with Gasteiger partial charge in [0, 0.05) is 41.2 Å². The Morgan fingerprint density at radius 2 is 2.12 bits per heavy atom. The fourth-order valence-electron chi connectivity index (χ4n) is 1.59. The van der Waals surface area contributed by atoms with Gasteiger partial charge in [0.2, 0.25) is 0 Å². The van der Waals surface area contributed by atoms with E-state index in [1.54, 1.807) is 24.8 Å². The Morgan fingerprint density at radius 3 is 2.82 bits per heavy atom. The van der Waals surface area contributed by atoms with E-state index in [-0.39, 0.29) is 5.78 Å². The Bertz CT molecular complexity index is 555. The normalized spacial score (nSPS) is 10.2. The van der Waals surface area contributed by atoms with Crippen LogP contribution in [0.2, 0.25) is 0 Å². The molecule has 2 heterocycles. The first-order chi connectivity index (χ1) is 8.16. The Morgan fingerprint density at radius 1 is 1.29 bits per heavy atom. The summed E-state index contributed by atoms with van der Waals surface area (Å²) in [6, 6.07) is 3.74. The molecule has 0 unspecified atom stereocenters. The molecule has 2 rings (SSSR count). The number of carbonyl (C=O) groups excluding carboxylic acids is 1. The molecule has 2 aromatic rings. The van der Waals surface area contributed by atoms with Gasteiger partial charge in [-0.1, -0.05) is 0 Å². The van der Waals surface area contributed by atoms with Crippen LogP contribution >= 0.6 is 15.9 Å². The SMILES string of the molecule is Cc1ccncc1C(=O)Cc1cncc(Br)c1. The lowest BCUT2D eigenvalue weighted by Crippen LogP contribution is -2.06.